The summed E-state index contributed by atoms with van der Waals surface area (Å²) in [5.74, 6) is 0.793. The van der Waals surface area contributed by atoms with Crippen LogP contribution in [-0.4, -0.2) is 60.0 Å². The fourth-order valence-electron chi connectivity index (χ4n) is 4.03. The van der Waals surface area contributed by atoms with Crippen molar-refractivity contribution >= 4 is 5.69 Å². The van der Waals surface area contributed by atoms with Crippen LogP contribution in [0.2, 0.25) is 0 Å². The van der Waals surface area contributed by atoms with Gasteiger partial charge in [-0.25, -0.2) is 0 Å². The summed E-state index contributed by atoms with van der Waals surface area (Å²) in [5.41, 5.74) is 1.34. The molecule has 3 rings (SSSR count). The van der Waals surface area contributed by atoms with Crippen molar-refractivity contribution in [2.24, 2.45) is 5.92 Å². The van der Waals surface area contributed by atoms with Gasteiger partial charge in [0.2, 0.25) is 0 Å². The number of hydrogen-bond donors (Lipinski definition) is 2. The Labute approximate surface area is 139 Å². The molecule has 2 heterocycles. The first kappa shape index (κ1) is 16.7. The quantitative estimate of drug-likeness (QED) is 0.873. The number of aliphatic hydroxyl groups is 2. The first-order valence-corrected chi connectivity index (χ1v) is 9.09. The minimum atomic E-state index is -0.225. The highest BCUT2D eigenvalue weighted by atomic mass is 16.3. The Morgan fingerprint density at radius 3 is 2.43 bits per heavy atom. The number of anilines is 1. The smallest absolute Gasteiger partial charge is 0.0587 e. The van der Waals surface area contributed by atoms with E-state index in [-0.39, 0.29) is 18.8 Å². The van der Waals surface area contributed by atoms with Crippen LogP contribution in [0.4, 0.5) is 5.69 Å². The van der Waals surface area contributed by atoms with Crippen molar-refractivity contribution in [2.75, 3.05) is 37.7 Å². The molecule has 0 spiro atoms. The second-order valence-corrected chi connectivity index (χ2v) is 7.11. The molecule has 0 aliphatic carbocycles. The number of para-hydroxylation sites is 1. The van der Waals surface area contributed by atoms with Gasteiger partial charge in [0.05, 0.1) is 12.7 Å². The molecule has 2 atom stereocenters. The molecule has 2 fully saturated rings. The van der Waals surface area contributed by atoms with E-state index in [1.54, 1.807) is 0 Å². The van der Waals surface area contributed by atoms with Crippen LogP contribution in [0.15, 0.2) is 30.3 Å². The van der Waals surface area contributed by atoms with Gasteiger partial charge in [-0.3, -0.25) is 4.90 Å². The molecule has 2 saturated heterocycles. The predicted molar refractivity (Wildman–Crippen MR) is 93.7 cm³/mol. The lowest BCUT2D eigenvalue weighted by atomic mass is 9.92. The summed E-state index contributed by atoms with van der Waals surface area (Å²) in [7, 11) is 0. The van der Waals surface area contributed by atoms with Gasteiger partial charge >= 0.3 is 0 Å². The Morgan fingerprint density at radius 1 is 1.00 bits per heavy atom. The molecule has 1 aromatic carbocycles. The maximum atomic E-state index is 9.74. The van der Waals surface area contributed by atoms with Gasteiger partial charge in [-0.15, -0.1) is 0 Å². The van der Waals surface area contributed by atoms with Gasteiger partial charge in [0, 0.05) is 31.4 Å². The van der Waals surface area contributed by atoms with Gasteiger partial charge in [-0.05, 0) is 56.7 Å². The fraction of sp³-hybridized carbons (Fsp3) is 0.684. The molecule has 0 radical (unpaired) electrons. The molecule has 4 nitrogen and oxygen atoms in total. The fourth-order valence-corrected chi connectivity index (χ4v) is 4.03. The average Bonchev–Trinajstić information content (AvgIpc) is 2.62. The maximum Gasteiger partial charge on any atom is 0.0587 e. The van der Waals surface area contributed by atoms with Crippen molar-refractivity contribution < 1.29 is 10.2 Å². The Bertz CT molecular complexity index is 460. The van der Waals surface area contributed by atoms with Crippen molar-refractivity contribution in [3.63, 3.8) is 0 Å². The minimum Gasteiger partial charge on any atom is -0.395 e. The summed E-state index contributed by atoms with van der Waals surface area (Å²) in [4.78, 5) is 4.88. The zero-order valence-corrected chi connectivity index (χ0v) is 14.0. The molecule has 2 unspecified atom stereocenters. The summed E-state index contributed by atoms with van der Waals surface area (Å²) in [6.07, 6.45) is 5.09. The van der Waals surface area contributed by atoms with E-state index in [1.165, 1.54) is 24.9 Å². The highest BCUT2D eigenvalue weighted by molar-refractivity contribution is 5.46. The molecule has 23 heavy (non-hydrogen) atoms. The van der Waals surface area contributed by atoms with Crippen LogP contribution in [0.1, 0.15) is 32.1 Å². The lowest BCUT2D eigenvalue weighted by Gasteiger charge is -2.39. The van der Waals surface area contributed by atoms with Crippen molar-refractivity contribution in [3.8, 4) is 0 Å². The van der Waals surface area contributed by atoms with Crippen LogP contribution in [0.5, 0.6) is 0 Å². The van der Waals surface area contributed by atoms with Crippen molar-refractivity contribution in [3.05, 3.63) is 30.3 Å². The Hall–Kier alpha value is -1.10. The van der Waals surface area contributed by atoms with E-state index in [2.05, 4.69) is 40.1 Å². The van der Waals surface area contributed by atoms with E-state index < -0.39 is 0 Å². The minimum absolute atomic E-state index is 0.156. The number of nitrogens with zero attached hydrogens (tertiary/aromatic N) is 2. The van der Waals surface area contributed by atoms with Crippen molar-refractivity contribution in [1.29, 1.82) is 0 Å². The average molecular weight is 318 g/mol. The summed E-state index contributed by atoms with van der Waals surface area (Å²) in [5, 5.41) is 19.3. The van der Waals surface area contributed by atoms with Crippen LogP contribution in [0.3, 0.4) is 0 Å². The third-order valence-corrected chi connectivity index (χ3v) is 5.58. The van der Waals surface area contributed by atoms with Crippen LogP contribution in [0.25, 0.3) is 0 Å². The van der Waals surface area contributed by atoms with Crippen LogP contribution in [0, 0.1) is 5.92 Å². The topological polar surface area (TPSA) is 46.9 Å². The number of benzene rings is 1. The summed E-state index contributed by atoms with van der Waals surface area (Å²) in [6, 6.07) is 10.9. The molecule has 0 saturated carbocycles. The van der Waals surface area contributed by atoms with E-state index in [4.69, 9.17) is 0 Å². The lowest BCUT2D eigenvalue weighted by Crippen LogP contribution is -2.47. The van der Waals surface area contributed by atoms with E-state index in [0.29, 0.717) is 0 Å². The van der Waals surface area contributed by atoms with Gasteiger partial charge in [-0.2, -0.15) is 0 Å². The number of piperidine rings is 2. The Morgan fingerprint density at radius 2 is 1.74 bits per heavy atom. The zero-order valence-electron chi connectivity index (χ0n) is 14.0. The van der Waals surface area contributed by atoms with E-state index >= 15 is 0 Å². The molecule has 2 N–H and O–H groups in total. The first-order chi connectivity index (χ1) is 11.3. The molecule has 4 heteroatoms. The van der Waals surface area contributed by atoms with E-state index in [9.17, 15) is 10.2 Å². The molecular weight excluding hydrogens is 288 g/mol. The molecule has 0 bridgehead atoms. The largest absolute Gasteiger partial charge is 0.395 e. The van der Waals surface area contributed by atoms with Gasteiger partial charge in [0.15, 0.2) is 0 Å². The van der Waals surface area contributed by atoms with Crippen molar-refractivity contribution in [2.45, 2.75) is 44.2 Å². The molecular formula is C19H30N2O2. The standard InChI is InChI=1S/C19H30N2O2/c22-15-18-14-19(23)9-13-21(18)12-8-16-6-10-20(11-7-16)17-4-2-1-3-5-17/h1-5,16,18-19,22-23H,6-15H2. The first-order valence-electron chi connectivity index (χ1n) is 9.09. The second kappa shape index (κ2) is 8.13. The van der Waals surface area contributed by atoms with Crippen LogP contribution in [-0.2, 0) is 0 Å². The summed E-state index contributed by atoms with van der Waals surface area (Å²) in [6.45, 7) is 4.46. The highest BCUT2D eigenvalue weighted by Crippen LogP contribution is 2.26. The number of hydrogen-bond acceptors (Lipinski definition) is 4. The Balaban J connectivity index is 1.42. The summed E-state index contributed by atoms with van der Waals surface area (Å²) < 4.78 is 0. The monoisotopic (exact) mass is 318 g/mol. The van der Waals surface area contributed by atoms with Gasteiger partial charge < -0.3 is 15.1 Å². The molecule has 2 aliphatic rings. The molecule has 0 amide bonds. The summed E-state index contributed by atoms with van der Waals surface area (Å²) >= 11 is 0. The SMILES string of the molecule is OCC1CC(O)CCN1CCC1CCN(c2ccccc2)CC1. The molecule has 1 aromatic rings. The third kappa shape index (κ3) is 4.46. The maximum absolute atomic E-state index is 9.74. The van der Waals surface area contributed by atoms with Gasteiger partial charge in [0.1, 0.15) is 0 Å². The highest BCUT2D eigenvalue weighted by Gasteiger charge is 2.27. The third-order valence-electron chi connectivity index (χ3n) is 5.58. The van der Waals surface area contributed by atoms with Gasteiger partial charge in [-0.1, -0.05) is 18.2 Å². The predicted octanol–water partition coefficient (Wildman–Crippen LogP) is 2.11. The van der Waals surface area contributed by atoms with Crippen LogP contribution < -0.4 is 4.90 Å². The van der Waals surface area contributed by atoms with Crippen molar-refractivity contribution in [1.82, 2.24) is 4.90 Å². The molecule has 128 valence electrons. The van der Waals surface area contributed by atoms with E-state index in [0.717, 1.165) is 44.9 Å². The number of rotatable bonds is 5. The number of likely N-dealkylation sites (tertiary alicyclic amines) is 1. The van der Waals surface area contributed by atoms with Crippen LogP contribution >= 0.6 is 0 Å². The Kier molecular flexibility index (Phi) is 5.92. The van der Waals surface area contributed by atoms with E-state index in [1.807, 2.05) is 0 Å². The zero-order chi connectivity index (χ0) is 16.1. The number of aliphatic hydroxyl groups excluding tert-OH is 2. The lowest BCUT2D eigenvalue weighted by molar-refractivity contribution is 0.0141. The molecule has 2 aliphatic heterocycles. The normalized spacial score (nSPS) is 27.3. The van der Waals surface area contributed by atoms with Gasteiger partial charge in [0.25, 0.3) is 0 Å². The molecule has 0 aromatic heterocycles. The second-order valence-electron chi connectivity index (χ2n) is 7.11.